The van der Waals surface area contributed by atoms with E-state index in [1.165, 1.54) is 23.2 Å². The van der Waals surface area contributed by atoms with E-state index < -0.39 is 0 Å². The van der Waals surface area contributed by atoms with Crippen LogP contribution in [-0.2, 0) is 12.8 Å². The zero-order valence-corrected chi connectivity index (χ0v) is 15.6. The van der Waals surface area contributed by atoms with Crippen molar-refractivity contribution in [2.24, 2.45) is 5.92 Å². The maximum Gasteiger partial charge on any atom is 0.0712 e. The molecule has 0 amide bonds. The maximum absolute atomic E-state index is 6.52. The minimum atomic E-state index is 0. The number of rotatable bonds is 1. The quantitative estimate of drug-likeness (QED) is 0.634. The molecule has 2 aromatic carbocycles. The molecule has 1 aliphatic carbocycles. The molecule has 1 aliphatic rings. The van der Waals surface area contributed by atoms with Gasteiger partial charge in [-0.1, -0.05) is 48.3 Å². The van der Waals surface area contributed by atoms with Crippen molar-refractivity contribution in [3.63, 3.8) is 0 Å². The van der Waals surface area contributed by atoms with Gasteiger partial charge in [-0.3, -0.25) is 4.98 Å². The molecule has 1 aromatic heterocycles. The zero-order chi connectivity index (χ0) is 16.0. The molecular weight excluding hydrogens is 361 g/mol. The second kappa shape index (κ2) is 6.92. The second-order valence-corrected chi connectivity index (χ2v) is 7.24. The van der Waals surface area contributed by atoms with Crippen LogP contribution >= 0.6 is 23.2 Å². The summed E-state index contributed by atoms with van der Waals surface area (Å²) in [5, 5.41) is 2.61. The summed E-state index contributed by atoms with van der Waals surface area (Å²) in [6.45, 7) is 2.31. The van der Waals surface area contributed by atoms with Crippen molar-refractivity contribution in [1.82, 2.24) is 4.98 Å². The van der Waals surface area contributed by atoms with Gasteiger partial charge in [-0.25, -0.2) is 0 Å². The van der Waals surface area contributed by atoms with E-state index in [0.717, 1.165) is 39.4 Å². The normalized spacial score (nSPS) is 16.5. The summed E-state index contributed by atoms with van der Waals surface area (Å²) in [6, 6.07) is 14.0. The van der Waals surface area contributed by atoms with Crippen molar-refractivity contribution in [3.05, 3.63) is 63.8 Å². The van der Waals surface area contributed by atoms with Crippen molar-refractivity contribution in [1.29, 1.82) is 0 Å². The minimum absolute atomic E-state index is 0. The van der Waals surface area contributed by atoms with Gasteiger partial charge in [0.05, 0.1) is 5.52 Å². The first kappa shape index (κ1) is 17.5. The molecule has 0 N–H and O–H groups in total. The molecule has 0 radical (unpaired) electrons. The SMILES string of the molecule is CC1CCc2nc3ccc(Cl)cc3c(-c3ccccc3Cl)c2C1.[Cl-]. The van der Waals surface area contributed by atoms with Crippen LogP contribution in [0, 0.1) is 5.92 Å². The van der Waals surface area contributed by atoms with Crippen molar-refractivity contribution in [2.75, 3.05) is 0 Å². The highest BCUT2D eigenvalue weighted by Gasteiger charge is 2.23. The van der Waals surface area contributed by atoms with Crippen LogP contribution in [0.1, 0.15) is 24.6 Å². The molecule has 0 bridgehead atoms. The van der Waals surface area contributed by atoms with Crippen molar-refractivity contribution < 1.29 is 12.4 Å². The average molecular weight is 378 g/mol. The number of benzene rings is 2. The third-order valence-electron chi connectivity index (χ3n) is 4.70. The summed E-state index contributed by atoms with van der Waals surface area (Å²) in [6.07, 6.45) is 3.28. The Morgan fingerprint density at radius 2 is 1.88 bits per heavy atom. The fourth-order valence-electron chi connectivity index (χ4n) is 3.56. The van der Waals surface area contributed by atoms with Gasteiger partial charge < -0.3 is 12.4 Å². The zero-order valence-electron chi connectivity index (χ0n) is 13.3. The molecular formula is C20H17Cl3N-. The molecule has 4 rings (SSSR count). The first-order chi connectivity index (χ1) is 11.1. The number of hydrogen-bond acceptors (Lipinski definition) is 1. The summed E-state index contributed by atoms with van der Waals surface area (Å²) in [4.78, 5) is 4.91. The van der Waals surface area contributed by atoms with Gasteiger partial charge in [0.2, 0.25) is 0 Å². The summed E-state index contributed by atoms with van der Waals surface area (Å²) in [5.41, 5.74) is 5.84. The summed E-state index contributed by atoms with van der Waals surface area (Å²) >= 11 is 12.8. The standard InChI is InChI=1S/C20H17Cl2N.ClH/c1-12-6-8-18-15(10-12)20(14-4-2-3-5-17(14)22)16-11-13(21)7-9-19(16)23-18;/h2-5,7,9,11-12H,6,8,10H2,1H3;1H/p-1. The van der Waals surface area contributed by atoms with E-state index in [-0.39, 0.29) is 12.4 Å². The van der Waals surface area contributed by atoms with E-state index in [0.29, 0.717) is 5.92 Å². The van der Waals surface area contributed by atoms with E-state index in [2.05, 4.69) is 13.0 Å². The largest absolute Gasteiger partial charge is 1.00 e. The lowest BCUT2D eigenvalue weighted by molar-refractivity contribution is -0.00000450. The molecule has 1 nitrogen and oxygen atoms in total. The summed E-state index contributed by atoms with van der Waals surface area (Å²) in [7, 11) is 0. The third-order valence-corrected chi connectivity index (χ3v) is 5.27. The number of fused-ring (bicyclic) bond motifs is 2. The van der Waals surface area contributed by atoms with Crippen molar-refractivity contribution in [2.45, 2.75) is 26.2 Å². The van der Waals surface area contributed by atoms with Gasteiger partial charge in [-0.15, -0.1) is 0 Å². The predicted octanol–water partition coefficient (Wildman–Crippen LogP) is 3.34. The molecule has 0 fully saturated rings. The van der Waals surface area contributed by atoms with Crippen LogP contribution in [0.5, 0.6) is 0 Å². The molecule has 3 aromatic rings. The number of aromatic nitrogens is 1. The summed E-state index contributed by atoms with van der Waals surface area (Å²) < 4.78 is 0. The van der Waals surface area contributed by atoms with Gasteiger partial charge in [0.1, 0.15) is 0 Å². The minimum Gasteiger partial charge on any atom is -1.00 e. The first-order valence-electron chi connectivity index (χ1n) is 7.99. The molecule has 24 heavy (non-hydrogen) atoms. The fourth-order valence-corrected chi connectivity index (χ4v) is 3.96. The van der Waals surface area contributed by atoms with Crippen molar-refractivity contribution in [3.8, 4) is 11.1 Å². The number of hydrogen-bond donors (Lipinski definition) is 0. The molecule has 0 aliphatic heterocycles. The smallest absolute Gasteiger partial charge is 0.0712 e. The van der Waals surface area contributed by atoms with Crippen LogP contribution in [0.15, 0.2) is 42.5 Å². The lowest BCUT2D eigenvalue weighted by Crippen LogP contribution is -3.00. The highest BCUT2D eigenvalue weighted by atomic mass is 35.5. The van der Waals surface area contributed by atoms with Crippen LogP contribution in [0.25, 0.3) is 22.0 Å². The maximum atomic E-state index is 6.52. The topological polar surface area (TPSA) is 12.9 Å². The van der Waals surface area contributed by atoms with Gasteiger partial charge in [-0.2, -0.15) is 0 Å². The van der Waals surface area contributed by atoms with Gasteiger partial charge in [0.15, 0.2) is 0 Å². The Morgan fingerprint density at radius 3 is 2.67 bits per heavy atom. The number of nitrogens with zero attached hydrogens (tertiary/aromatic N) is 1. The van der Waals surface area contributed by atoms with E-state index in [4.69, 9.17) is 28.2 Å². The summed E-state index contributed by atoms with van der Waals surface area (Å²) in [5.74, 6) is 0.669. The lowest BCUT2D eigenvalue weighted by Gasteiger charge is -2.25. The van der Waals surface area contributed by atoms with Crippen LogP contribution in [0.2, 0.25) is 10.0 Å². The molecule has 0 saturated carbocycles. The molecule has 1 unspecified atom stereocenters. The van der Waals surface area contributed by atoms with E-state index in [1.54, 1.807) is 0 Å². The van der Waals surface area contributed by atoms with Crippen LogP contribution in [-0.4, -0.2) is 4.98 Å². The Morgan fingerprint density at radius 1 is 1.08 bits per heavy atom. The van der Waals surface area contributed by atoms with Gasteiger partial charge in [0.25, 0.3) is 0 Å². The van der Waals surface area contributed by atoms with E-state index >= 15 is 0 Å². The number of pyridine rings is 1. The molecule has 0 saturated heterocycles. The van der Waals surface area contributed by atoms with Gasteiger partial charge in [0, 0.05) is 26.7 Å². The molecule has 4 heteroatoms. The highest BCUT2D eigenvalue weighted by Crippen LogP contribution is 2.41. The molecule has 1 heterocycles. The Labute approximate surface area is 158 Å². The lowest BCUT2D eigenvalue weighted by atomic mass is 9.82. The van der Waals surface area contributed by atoms with Crippen LogP contribution in [0.3, 0.4) is 0 Å². The Kier molecular flexibility index (Phi) is 5.05. The second-order valence-electron chi connectivity index (χ2n) is 6.40. The van der Waals surface area contributed by atoms with Crippen LogP contribution in [0.4, 0.5) is 0 Å². The molecule has 0 spiro atoms. The van der Waals surface area contributed by atoms with Gasteiger partial charge >= 0.3 is 0 Å². The van der Waals surface area contributed by atoms with E-state index in [9.17, 15) is 0 Å². The van der Waals surface area contributed by atoms with Crippen LogP contribution < -0.4 is 12.4 Å². The predicted molar refractivity (Wildman–Crippen MR) is 98.4 cm³/mol. The number of halogens is 3. The highest BCUT2D eigenvalue weighted by molar-refractivity contribution is 6.34. The molecule has 1 atom stereocenters. The van der Waals surface area contributed by atoms with E-state index in [1.807, 2.05) is 36.4 Å². The first-order valence-corrected chi connectivity index (χ1v) is 8.75. The number of aryl methyl sites for hydroxylation is 1. The Balaban J connectivity index is 0.00000169. The molecule has 124 valence electrons. The van der Waals surface area contributed by atoms with Crippen molar-refractivity contribution >= 4 is 34.1 Å². The Bertz CT molecular complexity index is 905. The Hall–Kier alpha value is -1.28. The third kappa shape index (κ3) is 3.01. The monoisotopic (exact) mass is 376 g/mol. The average Bonchev–Trinajstić information content (AvgIpc) is 2.54. The fraction of sp³-hybridized carbons (Fsp3) is 0.250. The van der Waals surface area contributed by atoms with Gasteiger partial charge in [-0.05, 0) is 60.6 Å².